The smallest absolute Gasteiger partial charge is 0.222 e. The van der Waals surface area contributed by atoms with Gasteiger partial charge in [-0.15, -0.1) is 0 Å². The Morgan fingerprint density at radius 1 is 1.31 bits per heavy atom. The van der Waals surface area contributed by atoms with Gasteiger partial charge in [-0.25, -0.2) is 18.7 Å². The molecule has 0 spiro atoms. The number of alkyl halides is 1. The number of nitrogens with zero attached hydrogens (tertiary/aromatic N) is 5. The molecule has 4 rings (SSSR count). The fraction of sp³-hybridized carbons (Fsp3) is 0.300. The number of hydrogen-bond donors (Lipinski definition) is 1. The van der Waals surface area contributed by atoms with Crippen molar-refractivity contribution in [2.24, 2.45) is 0 Å². The van der Waals surface area contributed by atoms with Gasteiger partial charge >= 0.3 is 0 Å². The van der Waals surface area contributed by atoms with Gasteiger partial charge < -0.3 is 14.8 Å². The summed E-state index contributed by atoms with van der Waals surface area (Å²) < 4.78 is 29.7. The number of halogens is 2. The predicted octanol–water partition coefficient (Wildman–Crippen LogP) is 2.88. The topological polar surface area (TPSA) is 75.9 Å². The van der Waals surface area contributed by atoms with Crippen LogP contribution >= 0.6 is 0 Å². The van der Waals surface area contributed by atoms with E-state index in [0.717, 1.165) is 17.8 Å². The highest BCUT2D eigenvalue weighted by atomic mass is 19.1. The van der Waals surface area contributed by atoms with Crippen LogP contribution in [0.25, 0.3) is 5.69 Å². The largest absolute Gasteiger partial charge is 0.353 e. The zero-order valence-corrected chi connectivity index (χ0v) is 15.8. The van der Waals surface area contributed by atoms with Crippen molar-refractivity contribution in [1.82, 2.24) is 19.5 Å². The summed E-state index contributed by atoms with van der Waals surface area (Å²) in [4.78, 5) is 25.0. The van der Waals surface area contributed by atoms with E-state index in [4.69, 9.17) is 0 Å². The molecule has 0 atom stereocenters. The van der Waals surface area contributed by atoms with E-state index in [9.17, 15) is 13.6 Å². The molecule has 1 saturated carbocycles. The van der Waals surface area contributed by atoms with Crippen molar-refractivity contribution in [3.05, 3.63) is 60.7 Å². The minimum absolute atomic E-state index is 0.211. The molecule has 9 heteroatoms. The fourth-order valence-corrected chi connectivity index (χ4v) is 3.59. The molecule has 3 aromatic rings. The minimum Gasteiger partial charge on any atom is -0.353 e. The van der Waals surface area contributed by atoms with Gasteiger partial charge in [0.25, 0.3) is 0 Å². The van der Waals surface area contributed by atoms with Crippen LogP contribution in [0.5, 0.6) is 0 Å². The van der Waals surface area contributed by atoms with Gasteiger partial charge in [-0.1, -0.05) is 0 Å². The van der Waals surface area contributed by atoms with Crippen LogP contribution in [0.3, 0.4) is 0 Å². The molecule has 3 aromatic heterocycles. The van der Waals surface area contributed by atoms with Gasteiger partial charge in [-0.2, -0.15) is 0 Å². The average Bonchev–Trinajstić information content (AvgIpc) is 3.21. The number of hydrogen-bond acceptors (Lipinski definition) is 5. The average molecular weight is 398 g/mol. The van der Waals surface area contributed by atoms with Gasteiger partial charge in [0.2, 0.25) is 12.4 Å². The van der Waals surface area contributed by atoms with Gasteiger partial charge in [0, 0.05) is 37.6 Å². The van der Waals surface area contributed by atoms with E-state index in [2.05, 4.69) is 20.3 Å². The molecule has 1 amide bonds. The van der Waals surface area contributed by atoms with Crippen molar-refractivity contribution in [1.29, 1.82) is 0 Å². The van der Waals surface area contributed by atoms with Crippen molar-refractivity contribution >= 4 is 18.0 Å². The van der Waals surface area contributed by atoms with Crippen LogP contribution in [0.1, 0.15) is 18.5 Å². The van der Waals surface area contributed by atoms with Gasteiger partial charge in [-0.05, 0) is 31.0 Å². The van der Waals surface area contributed by atoms with E-state index in [0.29, 0.717) is 12.5 Å². The van der Waals surface area contributed by atoms with Crippen LogP contribution < -0.4 is 10.2 Å². The van der Waals surface area contributed by atoms with E-state index in [1.807, 2.05) is 0 Å². The summed E-state index contributed by atoms with van der Waals surface area (Å²) >= 11 is 0. The molecule has 1 fully saturated rings. The molecule has 1 aliphatic rings. The molecule has 1 N–H and O–H groups in total. The summed E-state index contributed by atoms with van der Waals surface area (Å²) in [5, 5.41) is 3.09. The minimum atomic E-state index is -0.964. The standard InChI is InChI=1S/C20H20F2N6O/c1-27(13-29)15-4-6-28(11-15)16-9-24-19(25-10-16)26-12-20(7-14(21)8-20)18-17(22)3-2-5-23-18/h2-6,9-11,13-14H,7-8,12H2,1H3,(H,24,25,26). The fourth-order valence-electron chi connectivity index (χ4n) is 3.59. The second-order valence-corrected chi connectivity index (χ2v) is 7.23. The summed E-state index contributed by atoms with van der Waals surface area (Å²) in [7, 11) is 1.67. The van der Waals surface area contributed by atoms with Crippen LogP contribution in [-0.4, -0.2) is 45.7 Å². The zero-order chi connectivity index (χ0) is 20.4. The van der Waals surface area contributed by atoms with Crippen molar-refractivity contribution in [2.45, 2.75) is 24.4 Å². The van der Waals surface area contributed by atoms with Crippen molar-refractivity contribution < 1.29 is 13.6 Å². The molecular formula is C20H20F2N6O. The maximum absolute atomic E-state index is 14.2. The maximum atomic E-state index is 14.2. The second-order valence-electron chi connectivity index (χ2n) is 7.23. The molecule has 0 unspecified atom stereocenters. The van der Waals surface area contributed by atoms with E-state index in [-0.39, 0.29) is 18.5 Å². The second kappa shape index (κ2) is 7.57. The lowest BCUT2D eigenvalue weighted by molar-refractivity contribution is -0.107. The van der Waals surface area contributed by atoms with Crippen LogP contribution in [-0.2, 0) is 10.2 Å². The van der Waals surface area contributed by atoms with Gasteiger partial charge in [-0.3, -0.25) is 9.78 Å². The van der Waals surface area contributed by atoms with Gasteiger partial charge in [0.1, 0.15) is 12.0 Å². The third kappa shape index (κ3) is 3.67. The molecule has 7 nitrogen and oxygen atoms in total. The highest BCUT2D eigenvalue weighted by molar-refractivity contribution is 5.73. The van der Waals surface area contributed by atoms with Crippen LogP contribution in [0.4, 0.5) is 20.4 Å². The Hall–Kier alpha value is -3.36. The first kappa shape index (κ1) is 19.0. The number of nitrogens with one attached hydrogen (secondary N) is 1. The molecule has 0 saturated heterocycles. The predicted molar refractivity (Wildman–Crippen MR) is 104 cm³/mol. The molecule has 0 bridgehead atoms. The third-order valence-electron chi connectivity index (χ3n) is 5.25. The number of aromatic nitrogens is 4. The van der Waals surface area contributed by atoms with E-state index in [1.165, 1.54) is 23.2 Å². The summed E-state index contributed by atoms with van der Waals surface area (Å²) in [6.07, 6.45) is 8.56. The molecule has 3 heterocycles. The Morgan fingerprint density at radius 3 is 2.72 bits per heavy atom. The molecule has 1 aliphatic carbocycles. The Kier molecular flexibility index (Phi) is 4.96. The summed E-state index contributed by atoms with van der Waals surface area (Å²) in [6, 6.07) is 4.66. The highest BCUT2D eigenvalue weighted by Gasteiger charge is 2.48. The molecule has 29 heavy (non-hydrogen) atoms. The Morgan fingerprint density at radius 2 is 2.07 bits per heavy atom. The molecule has 0 aliphatic heterocycles. The first-order valence-corrected chi connectivity index (χ1v) is 9.18. The first-order chi connectivity index (χ1) is 14.0. The number of rotatable bonds is 7. The van der Waals surface area contributed by atoms with Gasteiger partial charge in [0.15, 0.2) is 0 Å². The quantitative estimate of drug-likeness (QED) is 0.620. The van der Waals surface area contributed by atoms with E-state index in [1.54, 1.807) is 42.5 Å². The van der Waals surface area contributed by atoms with Crippen molar-refractivity contribution in [2.75, 3.05) is 23.8 Å². The lowest BCUT2D eigenvalue weighted by Gasteiger charge is -2.43. The monoisotopic (exact) mass is 398 g/mol. The molecule has 0 aromatic carbocycles. The summed E-state index contributed by atoms with van der Waals surface area (Å²) in [5.41, 5.74) is 1.03. The number of amides is 1. The van der Waals surface area contributed by atoms with Crippen molar-refractivity contribution in [3.8, 4) is 5.69 Å². The van der Waals surface area contributed by atoms with Crippen LogP contribution in [0.15, 0.2) is 49.2 Å². The third-order valence-corrected chi connectivity index (χ3v) is 5.25. The first-order valence-electron chi connectivity index (χ1n) is 9.18. The highest BCUT2D eigenvalue weighted by Crippen LogP contribution is 2.45. The molecule has 0 radical (unpaired) electrons. The number of carbonyl (C=O) groups is 1. The number of pyridine rings is 1. The van der Waals surface area contributed by atoms with Crippen LogP contribution in [0, 0.1) is 5.82 Å². The molecular weight excluding hydrogens is 378 g/mol. The van der Waals surface area contributed by atoms with Crippen LogP contribution in [0.2, 0.25) is 0 Å². The zero-order valence-electron chi connectivity index (χ0n) is 15.8. The van der Waals surface area contributed by atoms with Gasteiger partial charge in [0.05, 0.1) is 29.5 Å². The van der Waals surface area contributed by atoms with E-state index < -0.39 is 17.4 Å². The lowest BCUT2D eigenvalue weighted by Crippen LogP contribution is -2.49. The number of carbonyl (C=O) groups excluding carboxylic acids is 1. The Bertz CT molecular complexity index is 1000. The Balaban J connectivity index is 1.47. The SMILES string of the molecule is CN(C=O)c1ccn(-c2cnc(NCC3(c4ncccc4F)CC(F)C3)nc2)c1. The van der Waals surface area contributed by atoms with Crippen molar-refractivity contribution in [3.63, 3.8) is 0 Å². The summed E-state index contributed by atoms with van der Waals surface area (Å²) in [6.45, 7) is 0.290. The summed E-state index contributed by atoms with van der Waals surface area (Å²) in [5.74, 6) is -0.0645. The lowest BCUT2D eigenvalue weighted by atomic mass is 9.65. The van der Waals surface area contributed by atoms with E-state index >= 15 is 0 Å². The normalized spacial score (nSPS) is 20.7. The Labute approximate surface area is 166 Å². The molecule has 150 valence electrons. The number of anilines is 2. The maximum Gasteiger partial charge on any atom is 0.222 e.